The van der Waals surface area contributed by atoms with Gasteiger partial charge in [0.15, 0.2) is 0 Å². The third kappa shape index (κ3) is 9.19. The average molecular weight is 648 g/mol. The monoisotopic (exact) mass is 646 g/mol. The summed E-state index contributed by atoms with van der Waals surface area (Å²) in [6.45, 7) is 5.64. The van der Waals surface area contributed by atoms with Gasteiger partial charge in [0.25, 0.3) is 0 Å². The number of hydrogen-bond donors (Lipinski definition) is 1. The molecule has 3 aromatic carbocycles. The first-order valence-electron chi connectivity index (χ1n) is 14.2. The van der Waals surface area contributed by atoms with Crippen LogP contribution < -0.4 is 9.62 Å². The Morgan fingerprint density at radius 2 is 1.60 bits per heavy atom. The Hall–Kier alpha value is -3.11. The minimum Gasteiger partial charge on any atom is -0.354 e. The quantitative estimate of drug-likeness (QED) is 0.225. The van der Waals surface area contributed by atoms with E-state index in [2.05, 4.69) is 5.32 Å². The molecule has 0 aliphatic rings. The molecule has 0 aliphatic carbocycles. The summed E-state index contributed by atoms with van der Waals surface area (Å²) >= 11 is 12.5. The van der Waals surface area contributed by atoms with Gasteiger partial charge in [0.2, 0.25) is 11.8 Å². The average Bonchev–Trinajstić information content (AvgIpc) is 2.97. The number of benzene rings is 3. The second kappa shape index (κ2) is 15.6. The van der Waals surface area contributed by atoms with Crippen LogP contribution in [0.15, 0.2) is 66.7 Å². The van der Waals surface area contributed by atoms with Gasteiger partial charge >= 0.3 is 10.2 Å². The first kappa shape index (κ1) is 34.4. The summed E-state index contributed by atoms with van der Waals surface area (Å²) in [6, 6.07) is 19.0. The van der Waals surface area contributed by atoms with E-state index in [1.54, 1.807) is 31.2 Å². The number of anilines is 1. The molecule has 43 heavy (non-hydrogen) atoms. The second-order valence-corrected chi connectivity index (χ2v) is 13.6. The molecule has 3 aromatic rings. The largest absolute Gasteiger partial charge is 0.354 e. The van der Waals surface area contributed by atoms with Crippen molar-refractivity contribution in [2.24, 2.45) is 0 Å². The van der Waals surface area contributed by atoms with Crippen molar-refractivity contribution in [2.45, 2.75) is 52.6 Å². The zero-order valence-corrected chi connectivity index (χ0v) is 27.6. The van der Waals surface area contributed by atoms with Gasteiger partial charge in [-0.15, -0.1) is 0 Å². The lowest BCUT2D eigenvalue weighted by atomic mass is 10.0. The predicted molar refractivity (Wildman–Crippen MR) is 175 cm³/mol. The molecular weight excluding hydrogens is 607 g/mol. The highest BCUT2D eigenvalue weighted by molar-refractivity contribution is 7.90. The summed E-state index contributed by atoms with van der Waals surface area (Å²) in [5.74, 6) is -0.858. The van der Waals surface area contributed by atoms with Crippen LogP contribution in [0.5, 0.6) is 0 Å². The summed E-state index contributed by atoms with van der Waals surface area (Å²) < 4.78 is 29.4. The van der Waals surface area contributed by atoms with Crippen LogP contribution in [0.2, 0.25) is 10.0 Å². The number of carbonyl (C=O) groups is 2. The number of amides is 2. The Morgan fingerprint density at radius 1 is 0.907 bits per heavy atom. The number of unbranched alkanes of at least 4 members (excludes halogenated alkanes) is 1. The highest BCUT2D eigenvalue weighted by atomic mass is 35.5. The third-order valence-electron chi connectivity index (χ3n) is 7.09. The fourth-order valence-electron chi connectivity index (χ4n) is 4.58. The number of aryl methyl sites for hydroxylation is 2. The number of rotatable bonds is 14. The van der Waals surface area contributed by atoms with E-state index in [9.17, 15) is 18.0 Å². The smallest absolute Gasteiger partial charge is 0.304 e. The molecule has 11 heteroatoms. The summed E-state index contributed by atoms with van der Waals surface area (Å²) in [6.07, 6.45) is 1.91. The first-order valence-corrected chi connectivity index (χ1v) is 16.3. The molecule has 2 amide bonds. The van der Waals surface area contributed by atoms with E-state index in [1.165, 1.54) is 19.0 Å². The molecule has 1 atom stereocenters. The van der Waals surface area contributed by atoms with E-state index >= 15 is 0 Å². The van der Waals surface area contributed by atoms with Crippen molar-refractivity contribution < 1.29 is 18.0 Å². The van der Waals surface area contributed by atoms with Crippen molar-refractivity contribution in [3.8, 4) is 0 Å². The van der Waals surface area contributed by atoms with Crippen LogP contribution in [-0.4, -0.2) is 62.7 Å². The molecule has 232 valence electrons. The van der Waals surface area contributed by atoms with Crippen molar-refractivity contribution in [3.05, 3.63) is 99.0 Å². The lowest BCUT2D eigenvalue weighted by Crippen LogP contribution is -2.54. The molecule has 1 unspecified atom stereocenters. The second-order valence-electron chi connectivity index (χ2n) is 10.7. The SMILES string of the molecule is CCCCNC(=O)C(Cc1ccccc1)N(Cc1ccc(Cl)c(Cl)c1)C(=O)CN(c1cc(C)ccc1C)S(=O)(=O)N(C)C. The van der Waals surface area contributed by atoms with Crippen molar-refractivity contribution >= 4 is 50.9 Å². The summed E-state index contributed by atoms with van der Waals surface area (Å²) in [5.41, 5.74) is 3.44. The molecule has 8 nitrogen and oxygen atoms in total. The molecule has 3 rings (SSSR count). The Kier molecular flexibility index (Phi) is 12.4. The predicted octanol–water partition coefficient (Wildman–Crippen LogP) is 5.78. The maximum atomic E-state index is 14.4. The van der Waals surface area contributed by atoms with Gasteiger partial charge in [-0.05, 0) is 60.7 Å². The standard InChI is InChI=1S/C32H40Cl2N4O4S/c1-6-7-17-35-32(40)30(20-25-11-9-8-10-12-25)37(21-26-15-16-27(33)28(34)19-26)31(39)22-38(43(41,42)36(4)5)29-18-23(2)13-14-24(29)3/h8-16,18-19,30H,6-7,17,20-22H2,1-5H3,(H,35,40). The highest BCUT2D eigenvalue weighted by Gasteiger charge is 2.35. The first-order chi connectivity index (χ1) is 20.3. The summed E-state index contributed by atoms with van der Waals surface area (Å²) in [5, 5.41) is 3.65. The number of halogens is 2. The molecular formula is C32H40Cl2N4O4S. The number of carbonyl (C=O) groups excluding carboxylic acids is 2. The van der Waals surface area contributed by atoms with Crippen LogP contribution in [-0.2, 0) is 32.8 Å². The Balaban J connectivity index is 2.13. The van der Waals surface area contributed by atoms with Crippen LogP contribution in [0, 0.1) is 13.8 Å². The molecule has 1 N–H and O–H groups in total. The lowest BCUT2D eigenvalue weighted by Gasteiger charge is -2.35. The molecule has 0 bridgehead atoms. The highest BCUT2D eigenvalue weighted by Crippen LogP contribution is 2.27. The molecule has 0 aliphatic heterocycles. The zero-order chi connectivity index (χ0) is 31.7. The van der Waals surface area contributed by atoms with Gasteiger partial charge in [-0.25, -0.2) is 4.31 Å². The van der Waals surface area contributed by atoms with E-state index in [0.29, 0.717) is 33.4 Å². The lowest BCUT2D eigenvalue weighted by molar-refractivity contribution is -0.140. The van der Waals surface area contributed by atoms with Crippen molar-refractivity contribution in [3.63, 3.8) is 0 Å². The van der Waals surface area contributed by atoms with E-state index in [0.717, 1.165) is 32.6 Å². The molecule has 0 radical (unpaired) electrons. The van der Waals surface area contributed by atoms with Gasteiger partial charge in [-0.1, -0.05) is 85.1 Å². The number of nitrogens with zero attached hydrogens (tertiary/aromatic N) is 3. The maximum absolute atomic E-state index is 14.4. The van der Waals surface area contributed by atoms with Gasteiger partial charge in [0, 0.05) is 33.6 Å². The van der Waals surface area contributed by atoms with Crippen LogP contribution in [0.3, 0.4) is 0 Å². The van der Waals surface area contributed by atoms with Gasteiger partial charge in [-0.3, -0.25) is 9.59 Å². The van der Waals surface area contributed by atoms with E-state index in [1.807, 2.05) is 56.3 Å². The third-order valence-corrected chi connectivity index (χ3v) is 9.63. The van der Waals surface area contributed by atoms with Crippen LogP contribution in [0.1, 0.15) is 42.0 Å². The van der Waals surface area contributed by atoms with Crippen molar-refractivity contribution in [2.75, 3.05) is 31.5 Å². The summed E-state index contributed by atoms with van der Waals surface area (Å²) in [4.78, 5) is 29.6. The molecule has 0 aromatic heterocycles. The van der Waals surface area contributed by atoms with Crippen molar-refractivity contribution in [1.82, 2.24) is 14.5 Å². The fraction of sp³-hybridized carbons (Fsp3) is 0.375. The molecule has 0 heterocycles. The Labute approximate surface area is 265 Å². The van der Waals surface area contributed by atoms with Gasteiger partial charge in [0.1, 0.15) is 12.6 Å². The zero-order valence-electron chi connectivity index (χ0n) is 25.3. The van der Waals surface area contributed by atoms with Crippen molar-refractivity contribution in [1.29, 1.82) is 0 Å². The topological polar surface area (TPSA) is 90.0 Å². The van der Waals surface area contributed by atoms with Crippen LogP contribution in [0.4, 0.5) is 5.69 Å². The fourth-order valence-corrected chi connectivity index (χ4v) is 6.02. The number of hydrogen-bond acceptors (Lipinski definition) is 4. The van der Waals surface area contributed by atoms with E-state index in [4.69, 9.17) is 23.2 Å². The Morgan fingerprint density at radius 3 is 2.23 bits per heavy atom. The normalized spacial score (nSPS) is 12.2. The molecule has 0 spiro atoms. The maximum Gasteiger partial charge on any atom is 0.304 e. The molecule has 0 fully saturated rings. The van der Waals surface area contributed by atoms with E-state index in [-0.39, 0.29) is 18.9 Å². The summed E-state index contributed by atoms with van der Waals surface area (Å²) in [7, 11) is -1.24. The number of nitrogens with one attached hydrogen (secondary N) is 1. The van der Waals surface area contributed by atoms with Gasteiger partial charge in [0.05, 0.1) is 15.7 Å². The Bertz CT molecular complexity index is 1520. The minimum absolute atomic E-state index is 0.0110. The van der Waals surface area contributed by atoms with Gasteiger partial charge < -0.3 is 10.2 Å². The van der Waals surface area contributed by atoms with Crippen LogP contribution >= 0.6 is 23.2 Å². The molecule has 0 saturated heterocycles. The van der Waals surface area contributed by atoms with Gasteiger partial charge in [-0.2, -0.15) is 12.7 Å². The van der Waals surface area contributed by atoms with E-state index < -0.39 is 28.7 Å². The van der Waals surface area contributed by atoms with Crippen LogP contribution in [0.25, 0.3) is 0 Å². The minimum atomic E-state index is -4.09. The molecule has 0 saturated carbocycles.